The number of para-hydroxylation sites is 2. The highest BCUT2D eigenvalue weighted by Crippen LogP contribution is 2.29. The predicted octanol–water partition coefficient (Wildman–Crippen LogP) is 3.21. The molecule has 0 spiro atoms. The van der Waals surface area contributed by atoms with Crippen molar-refractivity contribution in [2.75, 3.05) is 16.2 Å². The minimum Gasteiger partial charge on any atom is -0.320 e. The molecule has 1 aromatic heterocycles. The quantitative estimate of drug-likeness (QED) is 0.643. The van der Waals surface area contributed by atoms with Crippen molar-refractivity contribution in [2.24, 2.45) is 0 Å². The summed E-state index contributed by atoms with van der Waals surface area (Å²) < 4.78 is 27.9. The first-order chi connectivity index (χ1) is 13.3. The van der Waals surface area contributed by atoms with Crippen LogP contribution in [0.25, 0.3) is 0 Å². The normalized spacial score (nSPS) is 11.2. The Bertz CT molecular complexity index is 1150. The molecule has 28 heavy (non-hydrogen) atoms. The van der Waals surface area contributed by atoms with Crippen LogP contribution in [-0.4, -0.2) is 25.9 Å². The SMILES string of the molecule is CCN(c1ccccc1)S(=O)(=O)c1ccccc1NC(=O)c1sc(=O)[nH]c1C. The number of H-pyrrole nitrogens is 1. The van der Waals surface area contributed by atoms with Gasteiger partial charge in [-0.25, -0.2) is 8.42 Å². The van der Waals surface area contributed by atoms with Crippen molar-refractivity contribution in [3.8, 4) is 0 Å². The minimum atomic E-state index is -3.92. The third kappa shape index (κ3) is 3.85. The standard InChI is InChI=1S/C19H19N3O4S2/c1-3-22(14-9-5-4-6-10-14)28(25,26)16-12-8-7-11-15(16)21-18(23)17-13(2)20-19(24)27-17/h4-12H,3H2,1-2H3,(H,20,24)(H,21,23). The maximum Gasteiger partial charge on any atom is 0.305 e. The highest BCUT2D eigenvalue weighted by atomic mass is 32.2. The first-order valence-corrected chi connectivity index (χ1v) is 10.8. The lowest BCUT2D eigenvalue weighted by atomic mass is 10.3. The van der Waals surface area contributed by atoms with E-state index >= 15 is 0 Å². The third-order valence-electron chi connectivity index (χ3n) is 4.07. The van der Waals surface area contributed by atoms with Gasteiger partial charge in [0.2, 0.25) is 0 Å². The van der Waals surface area contributed by atoms with E-state index in [0.717, 1.165) is 11.3 Å². The number of hydrogen-bond donors (Lipinski definition) is 2. The molecule has 7 nitrogen and oxygen atoms in total. The number of amides is 1. The van der Waals surface area contributed by atoms with E-state index in [-0.39, 0.29) is 26.9 Å². The van der Waals surface area contributed by atoms with Crippen LogP contribution in [0.2, 0.25) is 0 Å². The first kappa shape index (κ1) is 19.8. The van der Waals surface area contributed by atoms with Crippen molar-refractivity contribution in [1.29, 1.82) is 0 Å². The van der Waals surface area contributed by atoms with Crippen molar-refractivity contribution >= 4 is 38.6 Å². The van der Waals surface area contributed by atoms with Crippen molar-refractivity contribution in [3.05, 3.63) is 74.8 Å². The van der Waals surface area contributed by atoms with Gasteiger partial charge >= 0.3 is 4.87 Å². The number of carbonyl (C=O) groups is 1. The number of anilines is 2. The maximum atomic E-state index is 13.3. The summed E-state index contributed by atoms with van der Waals surface area (Å²) >= 11 is 0.780. The summed E-state index contributed by atoms with van der Waals surface area (Å²) in [5.41, 5.74) is 1.13. The van der Waals surface area contributed by atoms with Gasteiger partial charge in [0.05, 0.1) is 11.4 Å². The highest BCUT2D eigenvalue weighted by Gasteiger charge is 2.27. The van der Waals surface area contributed by atoms with Gasteiger partial charge in [0.25, 0.3) is 15.9 Å². The van der Waals surface area contributed by atoms with Crippen LogP contribution in [0.5, 0.6) is 0 Å². The summed E-state index contributed by atoms with van der Waals surface area (Å²) in [6.07, 6.45) is 0. The van der Waals surface area contributed by atoms with E-state index in [9.17, 15) is 18.0 Å². The molecular weight excluding hydrogens is 398 g/mol. The van der Waals surface area contributed by atoms with Crippen LogP contribution in [0.4, 0.5) is 11.4 Å². The summed E-state index contributed by atoms with van der Waals surface area (Å²) in [4.78, 5) is 26.4. The molecule has 1 amide bonds. The number of sulfonamides is 1. The molecular formula is C19H19N3O4S2. The monoisotopic (exact) mass is 417 g/mol. The number of aromatic nitrogens is 1. The second-order valence-corrected chi connectivity index (χ2v) is 8.74. The number of nitrogens with zero attached hydrogens (tertiary/aromatic N) is 1. The number of aryl methyl sites for hydroxylation is 1. The smallest absolute Gasteiger partial charge is 0.305 e. The predicted molar refractivity (Wildman–Crippen MR) is 111 cm³/mol. The topological polar surface area (TPSA) is 99.3 Å². The Morgan fingerprint density at radius 1 is 1.11 bits per heavy atom. The number of nitrogens with one attached hydrogen (secondary N) is 2. The van der Waals surface area contributed by atoms with Crippen molar-refractivity contribution in [3.63, 3.8) is 0 Å². The molecule has 0 bridgehead atoms. The second kappa shape index (κ2) is 7.99. The Morgan fingerprint density at radius 3 is 2.36 bits per heavy atom. The van der Waals surface area contributed by atoms with Crippen LogP contribution in [-0.2, 0) is 10.0 Å². The molecule has 0 aliphatic heterocycles. The van der Waals surface area contributed by atoms with Crippen molar-refractivity contribution < 1.29 is 13.2 Å². The molecule has 3 aromatic rings. The van der Waals surface area contributed by atoms with E-state index in [1.54, 1.807) is 50.2 Å². The van der Waals surface area contributed by atoms with E-state index < -0.39 is 15.9 Å². The van der Waals surface area contributed by atoms with Crippen LogP contribution in [0, 0.1) is 6.92 Å². The molecule has 0 unspecified atom stereocenters. The molecule has 0 aliphatic rings. The van der Waals surface area contributed by atoms with Gasteiger partial charge < -0.3 is 10.3 Å². The number of hydrogen-bond acceptors (Lipinski definition) is 5. The molecule has 9 heteroatoms. The van der Waals surface area contributed by atoms with Crippen LogP contribution in [0.1, 0.15) is 22.3 Å². The van der Waals surface area contributed by atoms with Gasteiger partial charge in [-0.05, 0) is 38.1 Å². The van der Waals surface area contributed by atoms with Crippen molar-refractivity contribution in [2.45, 2.75) is 18.7 Å². The molecule has 2 aromatic carbocycles. The van der Waals surface area contributed by atoms with E-state index in [2.05, 4.69) is 10.3 Å². The molecule has 0 atom stereocenters. The number of benzene rings is 2. The van der Waals surface area contributed by atoms with Crippen molar-refractivity contribution in [1.82, 2.24) is 4.98 Å². The average molecular weight is 418 g/mol. The maximum absolute atomic E-state index is 13.3. The Labute approximate surface area is 166 Å². The Morgan fingerprint density at radius 2 is 1.75 bits per heavy atom. The highest BCUT2D eigenvalue weighted by molar-refractivity contribution is 7.93. The Balaban J connectivity index is 2.00. The first-order valence-electron chi connectivity index (χ1n) is 8.52. The zero-order valence-corrected chi connectivity index (χ0v) is 16.9. The average Bonchev–Trinajstić information content (AvgIpc) is 3.01. The van der Waals surface area contributed by atoms with Crippen LogP contribution < -0.4 is 14.5 Å². The van der Waals surface area contributed by atoms with Gasteiger partial charge in [-0.2, -0.15) is 0 Å². The van der Waals surface area contributed by atoms with E-state index in [1.807, 2.05) is 6.07 Å². The van der Waals surface area contributed by atoms with E-state index in [4.69, 9.17) is 0 Å². The van der Waals surface area contributed by atoms with Gasteiger partial charge in [-0.15, -0.1) is 0 Å². The molecule has 1 heterocycles. The number of carbonyl (C=O) groups excluding carboxylic acids is 1. The fourth-order valence-corrected chi connectivity index (χ4v) is 5.16. The van der Waals surface area contributed by atoms with Gasteiger partial charge in [0.1, 0.15) is 9.77 Å². The molecule has 0 radical (unpaired) electrons. The van der Waals surface area contributed by atoms with Gasteiger partial charge in [0, 0.05) is 12.2 Å². The second-order valence-electron chi connectivity index (χ2n) is 5.92. The summed E-state index contributed by atoms with van der Waals surface area (Å²) in [5, 5.41) is 2.62. The third-order valence-corrected chi connectivity index (χ3v) is 7.01. The summed E-state index contributed by atoms with van der Waals surface area (Å²) in [6.45, 7) is 3.59. The summed E-state index contributed by atoms with van der Waals surface area (Å²) in [7, 11) is -3.92. The number of thiazole rings is 1. The molecule has 0 saturated heterocycles. The van der Waals surface area contributed by atoms with Gasteiger partial charge in [-0.3, -0.25) is 13.9 Å². The van der Waals surface area contributed by atoms with Crippen LogP contribution in [0.15, 0.2) is 64.3 Å². The summed E-state index contributed by atoms with van der Waals surface area (Å²) in [6, 6.07) is 15.0. The van der Waals surface area contributed by atoms with E-state index in [0.29, 0.717) is 11.4 Å². The molecule has 146 valence electrons. The Hall–Kier alpha value is -2.91. The lowest BCUT2D eigenvalue weighted by Crippen LogP contribution is -2.31. The fraction of sp³-hybridized carbons (Fsp3) is 0.158. The Kier molecular flexibility index (Phi) is 5.66. The minimum absolute atomic E-state index is 0.0189. The van der Waals surface area contributed by atoms with Crippen LogP contribution in [0.3, 0.4) is 0 Å². The van der Waals surface area contributed by atoms with Gasteiger partial charge in [0.15, 0.2) is 0 Å². The van der Waals surface area contributed by atoms with Gasteiger partial charge in [-0.1, -0.05) is 41.7 Å². The lowest BCUT2D eigenvalue weighted by molar-refractivity contribution is 0.102. The number of aromatic amines is 1. The molecule has 2 N–H and O–H groups in total. The molecule has 0 fully saturated rings. The molecule has 0 aliphatic carbocycles. The molecule has 0 saturated carbocycles. The summed E-state index contributed by atoms with van der Waals surface area (Å²) in [5.74, 6) is -0.536. The number of rotatable bonds is 6. The largest absolute Gasteiger partial charge is 0.320 e. The van der Waals surface area contributed by atoms with E-state index in [1.165, 1.54) is 16.4 Å². The zero-order valence-electron chi connectivity index (χ0n) is 15.3. The molecule has 3 rings (SSSR count). The zero-order chi connectivity index (χ0) is 20.3. The lowest BCUT2D eigenvalue weighted by Gasteiger charge is -2.24. The fourth-order valence-electron chi connectivity index (χ4n) is 2.80. The van der Waals surface area contributed by atoms with Crippen LogP contribution >= 0.6 is 11.3 Å².